The molecule has 112 heavy (non-hydrogen) atoms. The number of unbranched alkanes of at least 4 members (excludes halogenated alkanes) is 9. The molecule has 664 valence electrons. The topological polar surface area (TPSA) is 594 Å². The van der Waals surface area contributed by atoms with Gasteiger partial charge < -0.3 is 138 Å². The molecule has 0 spiro atoms. The average molecular weight is 1720 g/mol. The van der Waals surface area contributed by atoms with Gasteiger partial charge >= 0.3 is 31.3 Å². The lowest BCUT2D eigenvalue weighted by molar-refractivity contribution is -0.282. The Morgan fingerprint density at radius 3 is 0.973 bits per heavy atom. The van der Waals surface area contributed by atoms with E-state index in [1.807, 2.05) is 0 Å². The van der Waals surface area contributed by atoms with Crippen molar-refractivity contribution in [1.82, 2.24) is 10.6 Å². The fraction of sp³-hybridized carbons (Fsp3) is 0.970. The number of methoxy groups -OCH3 is 1. The van der Waals surface area contributed by atoms with Gasteiger partial charge in [0.25, 0.3) is 0 Å². The number of aliphatic hydroxyl groups excluding tert-OH is 10. The SMILES string of the molecule is COCCCOCC(CO)COCCCOP(=O)(O)OCC(COCCCOP(=O)(O)OCCCCCCO[C@@H]1OC(CO)[C@H](O)[C@H](O)C1C)(COCCCOP(=O)(O)OCCCCCCO[C@@H]1OC(CO)[C@H](O)[C@H](O)C1NC(C)=O)COCCCOP(=O)(O)OCCCCCCO[C@@H]1OC(CO)[C@H](O)[C@H](O)C1NC(C)=O. The maximum absolute atomic E-state index is 13.5. The number of carbonyl (C=O) groups excluding carboxylic acids is 2. The quantitative estimate of drug-likeness (QED) is 0.0291. The Morgan fingerprint density at radius 2 is 0.652 bits per heavy atom. The molecule has 0 aliphatic carbocycles. The Kier molecular flexibility index (Phi) is 55.4. The number of ether oxygens (including phenoxy) is 12. The maximum Gasteiger partial charge on any atom is 0.472 e. The predicted molar refractivity (Wildman–Crippen MR) is 390 cm³/mol. The van der Waals surface area contributed by atoms with Crippen LogP contribution in [0.15, 0.2) is 0 Å². The van der Waals surface area contributed by atoms with E-state index in [0.29, 0.717) is 96.7 Å². The number of rotatable bonds is 70. The minimum atomic E-state index is -4.89. The highest BCUT2D eigenvalue weighted by Crippen LogP contribution is 2.47. The summed E-state index contributed by atoms with van der Waals surface area (Å²) in [5, 5.41) is 105. The van der Waals surface area contributed by atoms with E-state index in [1.165, 1.54) is 13.8 Å². The molecule has 16 N–H and O–H groups in total. The number of amides is 2. The maximum atomic E-state index is 13.5. The van der Waals surface area contributed by atoms with Gasteiger partial charge in [0.2, 0.25) is 11.8 Å². The molecule has 0 aromatic heterocycles. The molecule has 0 bridgehead atoms. The molecule has 3 rings (SSSR count). The summed E-state index contributed by atoms with van der Waals surface area (Å²) in [6.07, 6.45) is -8.05. The number of hydrogen-bond donors (Lipinski definition) is 16. The van der Waals surface area contributed by atoms with Crippen molar-refractivity contribution in [3.63, 3.8) is 0 Å². The molecular weight excluding hydrogens is 1580 g/mol. The van der Waals surface area contributed by atoms with Crippen LogP contribution in [0.1, 0.15) is 130 Å². The first-order valence-electron chi connectivity index (χ1n) is 38.1. The molecule has 0 aromatic rings. The van der Waals surface area contributed by atoms with Crippen molar-refractivity contribution >= 4 is 43.1 Å². The molecule has 3 saturated heterocycles. The number of carbonyl (C=O) groups is 2. The van der Waals surface area contributed by atoms with Gasteiger partial charge in [0.15, 0.2) is 18.9 Å². The van der Waals surface area contributed by atoms with Crippen LogP contribution in [0, 0.1) is 17.3 Å². The monoisotopic (exact) mass is 1710 g/mol. The highest BCUT2D eigenvalue weighted by Gasteiger charge is 2.48. The molecule has 46 heteroatoms. The van der Waals surface area contributed by atoms with Gasteiger partial charge in [0.05, 0.1) is 124 Å². The number of phosphoric acid groups is 4. The average Bonchev–Trinajstić information content (AvgIpc) is 0.818. The van der Waals surface area contributed by atoms with E-state index in [4.69, 9.17) is 93.0 Å². The van der Waals surface area contributed by atoms with Gasteiger partial charge in [-0.05, 0) is 70.6 Å². The van der Waals surface area contributed by atoms with Crippen LogP contribution >= 0.6 is 31.3 Å². The summed E-state index contributed by atoms with van der Waals surface area (Å²) >= 11 is 0. The third-order valence-electron chi connectivity index (χ3n) is 17.5. The summed E-state index contributed by atoms with van der Waals surface area (Å²) in [6.45, 7) is 0.00236. The molecule has 0 aromatic carbocycles. The molecule has 0 saturated carbocycles. The van der Waals surface area contributed by atoms with Gasteiger partial charge in [-0.25, -0.2) is 18.3 Å². The molecule has 3 aliphatic heterocycles. The van der Waals surface area contributed by atoms with E-state index in [-0.39, 0.29) is 164 Å². The molecule has 3 aliphatic rings. The van der Waals surface area contributed by atoms with Gasteiger partial charge in [-0.2, -0.15) is 0 Å². The molecule has 3 heterocycles. The summed E-state index contributed by atoms with van der Waals surface area (Å²) < 4.78 is 162. The van der Waals surface area contributed by atoms with E-state index < -0.39 is 167 Å². The van der Waals surface area contributed by atoms with Crippen molar-refractivity contribution in [3.05, 3.63) is 0 Å². The lowest BCUT2D eigenvalue weighted by Crippen LogP contribution is -2.64. The second-order valence-electron chi connectivity index (χ2n) is 27.4. The summed E-state index contributed by atoms with van der Waals surface area (Å²) in [5.41, 5.74) is -1.50. The highest BCUT2D eigenvalue weighted by molar-refractivity contribution is 7.48. The van der Waals surface area contributed by atoms with Crippen LogP contribution in [-0.2, 0) is 121 Å². The third kappa shape index (κ3) is 44.7. The van der Waals surface area contributed by atoms with Gasteiger partial charge in [-0.15, -0.1) is 0 Å². The van der Waals surface area contributed by atoms with Crippen LogP contribution in [0.5, 0.6) is 0 Å². The molecule has 2 amide bonds. The van der Waals surface area contributed by atoms with Crippen LogP contribution in [-0.4, -0.2) is 347 Å². The number of aliphatic hydroxyl groups is 10. The Morgan fingerprint density at radius 1 is 0.366 bits per heavy atom. The third-order valence-corrected chi connectivity index (χ3v) is 21.5. The zero-order valence-electron chi connectivity index (χ0n) is 64.8. The molecule has 11 unspecified atom stereocenters. The second-order valence-corrected chi connectivity index (χ2v) is 33.2. The molecule has 0 radical (unpaired) electrons. The standard InChI is InChI=1S/C66H130N2O40P4/c1-48-57(75)58(76)52(39-70)106-63(48)95-28-11-5-8-14-31-98-109(81,82)101-35-19-25-92-44-66(47-105-112(87,88)104-34-18-24-91-43-51(38-69)42-90-23-17-22-89-4,45-93-26-20-36-102-110(83,84)99-32-15-9-6-12-29-96-64-55(67-49(2)73)61(79)59(77)53(40-71)107-64)46-94-27-21-37-103-111(85,86)100-33-16-10-7-13-30-97-65-56(68-50(3)74)62(80)60(78)54(41-72)108-65/h48,51-65,69-72,75-80H,5-47H2,1-4H3,(H,67,73)(H,68,74)(H,81,82)(H,83,84)(H,85,86)(H,87,88)/t48?,51?,52?,53?,54?,55?,56?,57-,58+,59+,60+,61-,62-,63-,64-,65-,66?/m1/s1. The Balaban J connectivity index is 1.61. The van der Waals surface area contributed by atoms with Gasteiger partial charge in [-0.3, -0.25) is 45.8 Å². The van der Waals surface area contributed by atoms with Gasteiger partial charge in [0, 0.05) is 92.3 Å². The second kappa shape index (κ2) is 59.3. The first-order chi connectivity index (χ1) is 53.4. The van der Waals surface area contributed by atoms with Crippen molar-refractivity contribution in [2.45, 2.75) is 216 Å². The van der Waals surface area contributed by atoms with Crippen LogP contribution < -0.4 is 10.6 Å². The van der Waals surface area contributed by atoms with Crippen molar-refractivity contribution < 1.29 is 192 Å². The smallest absolute Gasteiger partial charge is 0.396 e. The summed E-state index contributed by atoms with van der Waals surface area (Å²) in [4.78, 5) is 65.9. The molecule has 3 fully saturated rings. The first kappa shape index (κ1) is 105. The van der Waals surface area contributed by atoms with Gasteiger partial charge in [-0.1, -0.05) is 45.4 Å². The van der Waals surface area contributed by atoms with Crippen molar-refractivity contribution in [3.8, 4) is 0 Å². The van der Waals surface area contributed by atoms with Crippen molar-refractivity contribution in [2.24, 2.45) is 17.3 Å². The number of nitrogens with one attached hydrogen (secondary N) is 2. The minimum Gasteiger partial charge on any atom is -0.396 e. The van der Waals surface area contributed by atoms with E-state index >= 15 is 0 Å². The zero-order chi connectivity index (χ0) is 82.9. The predicted octanol–water partition coefficient (Wildman–Crippen LogP) is 0.489. The normalized spacial score (nSPS) is 27.4. The zero-order valence-corrected chi connectivity index (χ0v) is 68.4. The Labute approximate surface area is 654 Å². The highest BCUT2D eigenvalue weighted by atomic mass is 31.2. The molecule has 42 nitrogen and oxygen atoms in total. The van der Waals surface area contributed by atoms with Crippen LogP contribution in [0.4, 0.5) is 0 Å². The molecular formula is C66H130N2O40P4. The number of hydrogen-bond acceptors (Lipinski definition) is 36. The fourth-order valence-electron chi connectivity index (χ4n) is 11.3. The largest absolute Gasteiger partial charge is 0.472 e. The van der Waals surface area contributed by atoms with Crippen molar-refractivity contribution in [1.29, 1.82) is 0 Å². The Hall–Kier alpha value is -1.50. The van der Waals surface area contributed by atoms with Crippen LogP contribution in [0.2, 0.25) is 0 Å². The van der Waals surface area contributed by atoms with Gasteiger partial charge in [0.1, 0.15) is 60.9 Å². The summed E-state index contributed by atoms with van der Waals surface area (Å²) in [6, 6.07) is -2.21. The van der Waals surface area contributed by atoms with Crippen LogP contribution in [0.25, 0.3) is 0 Å². The van der Waals surface area contributed by atoms with Crippen LogP contribution in [0.3, 0.4) is 0 Å². The number of phosphoric ester groups is 4. The lowest BCUT2D eigenvalue weighted by atomic mass is 9.92. The minimum absolute atomic E-state index is 0.00220. The summed E-state index contributed by atoms with van der Waals surface area (Å²) in [5.74, 6) is -1.89. The van der Waals surface area contributed by atoms with E-state index in [2.05, 4.69) is 10.6 Å². The lowest BCUT2D eigenvalue weighted by Gasteiger charge is -2.42. The van der Waals surface area contributed by atoms with E-state index in [0.717, 1.165) is 0 Å². The van der Waals surface area contributed by atoms with E-state index in [9.17, 15) is 98.5 Å². The van der Waals surface area contributed by atoms with E-state index in [1.54, 1.807) is 14.0 Å². The molecule has 20 atom stereocenters. The van der Waals surface area contributed by atoms with Crippen molar-refractivity contribution in [2.75, 3.05) is 179 Å². The first-order valence-corrected chi connectivity index (χ1v) is 44.1. The summed E-state index contributed by atoms with van der Waals surface area (Å²) in [7, 11) is -17.0. The fourth-order valence-corrected chi connectivity index (χ4v) is 14.5. The Bertz CT molecular complexity index is 2540.